The lowest BCUT2D eigenvalue weighted by atomic mass is 9.69. The van der Waals surface area contributed by atoms with E-state index in [1.54, 1.807) is 12.1 Å². The van der Waals surface area contributed by atoms with Crippen LogP contribution in [0.2, 0.25) is 0 Å². The van der Waals surface area contributed by atoms with Crippen LogP contribution in [-0.2, 0) is 11.2 Å². The van der Waals surface area contributed by atoms with E-state index in [4.69, 9.17) is 0 Å². The molecule has 5 nitrogen and oxygen atoms in total. The maximum Gasteiger partial charge on any atom is 0.226 e. The number of nitrogens with zero attached hydrogens (tertiary/aromatic N) is 3. The van der Waals surface area contributed by atoms with E-state index in [1.807, 2.05) is 15.8 Å². The van der Waals surface area contributed by atoms with E-state index in [0.29, 0.717) is 13.1 Å². The van der Waals surface area contributed by atoms with Gasteiger partial charge in [0, 0.05) is 24.4 Å². The van der Waals surface area contributed by atoms with E-state index >= 15 is 0 Å². The molecule has 166 valence electrons. The van der Waals surface area contributed by atoms with Crippen molar-refractivity contribution in [2.45, 2.75) is 52.4 Å². The Kier molecular flexibility index (Phi) is 6.28. The standard InChI is InChI=1S/C25H32FN3O2/c1-3-4-5-12-28(13-14-30)24(31)22-11-6-19-15-23-18(16-25(19,22)2)17-27-29(23)21-9-7-20(26)8-10-21/h7-10,15,17,22,30H,3-6,11-14,16H2,1-2H3/t22-,25+/m1/s1. The molecule has 1 fully saturated rings. The summed E-state index contributed by atoms with van der Waals surface area (Å²) in [7, 11) is 0. The summed E-state index contributed by atoms with van der Waals surface area (Å²) in [6, 6.07) is 6.36. The lowest BCUT2D eigenvalue weighted by molar-refractivity contribution is -0.138. The predicted octanol–water partition coefficient (Wildman–Crippen LogP) is 4.38. The van der Waals surface area contributed by atoms with E-state index in [9.17, 15) is 14.3 Å². The monoisotopic (exact) mass is 425 g/mol. The third-order valence-electron chi connectivity index (χ3n) is 7.04. The van der Waals surface area contributed by atoms with Crippen molar-refractivity contribution >= 4 is 12.0 Å². The van der Waals surface area contributed by atoms with Gasteiger partial charge in [-0.25, -0.2) is 9.07 Å². The average Bonchev–Trinajstić information content (AvgIpc) is 3.31. The van der Waals surface area contributed by atoms with Crippen LogP contribution in [0.3, 0.4) is 0 Å². The molecule has 4 rings (SSSR count). The first-order valence-corrected chi connectivity index (χ1v) is 11.4. The van der Waals surface area contributed by atoms with Gasteiger partial charge < -0.3 is 10.0 Å². The number of carbonyl (C=O) groups is 1. The van der Waals surface area contributed by atoms with Crippen molar-refractivity contribution < 1.29 is 14.3 Å². The number of aliphatic hydroxyl groups excluding tert-OH is 1. The highest BCUT2D eigenvalue weighted by Crippen LogP contribution is 2.53. The number of benzene rings is 1. The molecule has 1 aromatic heterocycles. The molecule has 6 heteroatoms. The Hall–Kier alpha value is -2.47. The van der Waals surface area contributed by atoms with Crippen molar-refractivity contribution in [3.8, 4) is 5.69 Å². The van der Waals surface area contributed by atoms with Crippen molar-refractivity contribution in [2.24, 2.45) is 11.3 Å². The summed E-state index contributed by atoms with van der Waals surface area (Å²) in [4.78, 5) is 15.4. The van der Waals surface area contributed by atoms with Crippen LogP contribution in [0.5, 0.6) is 0 Å². The number of aliphatic hydroxyl groups is 1. The molecule has 0 saturated heterocycles. The molecule has 0 radical (unpaired) electrons. The first kappa shape index (κ1) is 21.8. The van der Waals surface area contributed by atoms with E-state index in [0.717, 1.165) is 55.5 Å². The number of rotatable bonds is 8. The number of unbranched alkanes of at least 4 members (excludes halogenated alkanes) is 2. The van der Waals surface area contributed by atoms with Gasteiger partial charge in [0.25, 0.3) is 0 Å². The smallest absolute Gasteiger partial charge is 0.226 e. The van der Waals surface area contributed by atoms with Crippen molar-refractivity contribution in [1.29, 1.82) is 0 Å². The summed E-state index contributed by atoms with van der Waals surface area (Å²) in [5.74, 6) is -0.168. The Morgan fingerprint density at radius 1 is 1.29 bits per heavy atom. The normalized spacial score (nSPS) is 22.1. The Morgan fingerprint density at radius 2 is 2.06 bits per heavy atom. The van der Waals surface area contributed by atoms with Gasteiger partial charge in [-0.3, -0.25) is 4.79 Å². The van der Waals surface area contributed by atoms with Gasteiger partial charge in [-0.1, -0.05) is 32.3 Å². The second kappa shape index (κ2) is 8.95. The number of fused-ring (bicyclic) bond motifs is 2. The summed E-state index contributed by atoms with van der Waals surface area (Å²) >= 11 is 0. The molecule has 31 heavy (non-hydrogen) atoms. The highest BCUT2D eigenvalue weighted by molar-refractivity contribution is 5.82. The van der Waals surface area contributed by atoms with Crippen molar-refractivity contribution in [3.63, 3.8) is 0 Å². The third kappa shape index (κ3) is 4.05. The Balaban J connectivity index is 1.59. The van der Waals surface area contributed by atoms with Crippen LogP contribution < -0.4 is 0 Å². The lowest BCUT2D eigenvalue weighted by Gasteiger charge is -2.37. The maximum absolute atomic E-state index is 13.5. The van der Waals surface area contributed by atoms with E-state index in [1.165, 1.54) is 17.7 Å². The Bertz CT molecular complexity index is 966. The van der Waals surface area contributed by atoms with Gasteiger partial charge in [-0.15, -0.1) is 0 Å². The molecule has 1 saturated carbocycles. The maximum atomic E-state index is 13.5. The van der Waals surface area contributed by atoms with Gasteiger partial charge in [0.1, 0.15) is 5.82 Å². The largest absolute Gasteiger partial charge is 0.395 e. The van der Waals surface area contributed by atoms with Crippen LogP contribution in [0.25, 0.3) is 11.8 Å². The van der Waals surface area contributed by atoms with Crippen LogP contribution >= 0.6 is 0 Å². The number of allylic oxidation sites excluding steroid dienone is 1. The van der Waals surface area contributed by atoms with E-state index in [2.05, 4.69) is 25.0 Å². The second-order valence-electron chi connectivity index (χ2n) is 9.05. The molecule has 2 aliphatic carbocycles. The summed E-state index contributed by atoms with van der Waals surface area (Å²) < 4.78 is 15.2. The summed E-state index contributed by atoms with van der Waals surface area (Å²) in [5.41, 5.74) is 4.05. The van der Waals surface area contributed by atoms with Crippen LogP contribution in [0.4, 0.5) is 4.39 Å². The van der Waals surface area contributed by atoms with Gasteiger partial charge in [0.2, 0.25) is 5.91 Å². The number of aromatic nitrogens is 2. The van der Waals surface area contributed by atoms with Crippen LogP contribution in [0.1, 0.15) is 57.2 Å². The molecule has 2 atom stereocenters. The fraction of sp³-hybridized carbons (Fsp3) is 0.520. The number of halogens is 1. The summed E-state index contributed by atoms with van der Waals surface area (Å²) in [6.07, 6.45) is 9.74. The van der Waals surface area contributed by atoms with Gasteiger partial charge in [-0.2, -0.15) is 5.10 Å². The van der Waals surface area contributed by atoms with Crippen LogP contribution in [0.15, 0.2) is 36.0 Å². The summed E-state index contributed by atoms with van der Waals surface area (Å²) in [6.45, 7) is 5.47. The zero-order valence-electron chi connectivity index (χ0n) is 18.5. The number of amides is 1. The number of carbonyl (C=O) groups excluding carboxylic acids is 1. The number of hydrogen-bond acceptors (Lipinski definition) is 3. The fourth-order valence-corrected chi connectivity index (χ4v) is 5.25. The first-order chi connectivity index (χ1) is 15.0. The Labute approximate surface area is 183 Å². The third-order valence-corrected chi connectivity index (χ3v) is 7.04. The molecule has 2 aromatic rings. The van der Waals surface area contributed by atoms with Gasteiger partial charge in [-0.05, 0) is 61.6 Å². The summed E-state index contributed by atoms with van der Waals surface area (Å²) in [5, 5.41) is 14.1. The minimum Gasteiger partial charge on any atom is -0.395 e. The van der Waals surface area contributed by atoms with Crippen molar-refractivity contribution in [2.75, 3.05) is 19.7 Å². The molecular formula is C25H32FN3O2. The van der Waals surface area contributed by atoms with Crippen molar-refractivity contribution in [3.05, 3.63) is 53.1 Å². The fourth-order valence-electron chi connectivity index (χ4n) is 5.25. The average molecular weight is 426 g/mol. The molecule has 0 unspecified atom stereocenters. The molecule has 0 spiro atoms. The minimum atomic E-state index is -0.265. The van der Waals surface area contributed by atoms with E-state index in [-0.39, 0.29) is 29.7 Å². The van der Waals surface area contributed by atoms with Gasteiger partial charge in [0.15, 0.2) is 0 Å². The van der Waals surface area contributed by atoms with Gasteiger partial charge >= 0.3 is 0 Å². The SMILES string of the molecule is CCCCCN(CCO)C(=O)[C@H]1CCC2=Cc3c(cnn3-c3ccc(F)cc3)C[C@@]21C. The second-order valence-corrected chi connectivity index (χ2v) is 9.05. The topological polar surface area (TPSA) is 58.4 Å². The highest BCUT2D eigenvalue weighted by Gasteiger charge is 2.49. The van der Waals surface area contributed by atoms with Crippen LogP contribution in [0, 0.1) is 17.2 Å². The Morgan fingerprint density at radius 3 is 2.77 bits per heavy atom. The molecule has 1 heterocycles. The van der Waals surface area contributed by atoms with Gasteiger partial charge in [0.05, 0.1) is 24.2 Å². The molecule has 1 amide bonds. The quantitative estimate of drug-likeness (QED) is 0.639. The van der Waals surface area contributed by atoms with Crippen molar-refractivity contribution in [1.82, 2.24) is 14.7 Å². The molecule has 1 N–H and O–H groups in total. The zero-order valence-corrected chi connectivity index (χ0v) is 18.5. The highest BCUT2D eigenvalue weighted by atomic mass is 19.1. The molecule has 1 aromatic carbocycles. The minimum absolute atomic E-state index is 0.00140. The molecular weight excluding hydrogens is 393 g/mol. The van der Waals surface area contributed by atoms with Crippen LogP contribution in [-0.4, -0.2) is 45.4 Å². The van der Waals surface area contributed by atoms with E-state index < -0.39 is 0 Å². The molecule has 2 aliphatic rings. The molecule has 0 aliphatic heterocycles. The number of hydrogen-bond donors (Lipinski definition) is 1. The lowest BCUT2D eigenvalue weighted by Crippen LogP contribution is -2.44. The zero-order chi connectivity index (χ0) is 22.0. The first-order valence-electron chi connectivity index (χ1n) is 11.4. The molecule has 0 bridgehead atoms. The predicted molar refractivity (Wildman–Crippen MR) is 119 cm³/mol.